The maximum atomic E-state index is 13.1. The van der Waals surface area contributed by atoms with Crippen LogP contribution in [0.3, 0.4) is 0 Å². The molecule has 1 N–H and O–H groups in total. The van der Waals surface area contributed by atoms with Crippen LogP contribution in [-0.2, 0) is 32.9 Å². The smallest absolute Gasteiger partial charge is 0.288 e. The predicted octanol–water partition coefficient (Wildman–Crippen LogP) is 5.89. The Labute approximate surface area is 303 Å². The Morgan fingerprint density at radius 1 is 1.06 bits per heavy atom. The van der Waals surface area contributed by atoms with Gasteiger partial charge in [-0.05, 0) is 66.5 Å². The van der Waals surface area contributed by atoms with Crippen molar-refractivity contribution in [2.45, 2.75) is 78.0 Å². The van der Waals surface area contributed by atoms with Gasteiger partial charge in [0.15, 0.2) is 27.2 Å². The molecule has 1 aromatic heterocycles. The van der Waals surface area contributed by atoms with E-state index >= 15 is 0 Å². The molecule has 0 radical (unpaired) electrons. The minimum atomic E-state index is -3.57. The maximum absolute atomic E-state index is 13.1. The van der Waals surface area contributed by atoms with Crippen molar-refractivity contribution >= 4 is 55.7 Å². The number of nitrogens with zero attached hydrogens (tertiary/aromatic N) is 6. The monoisotopic (exact) mass is 743 g/mol. The molecule has 272 valence electrons. The molecule has 1 atom stereocenters. The third-order valence-electron chi connectivity index (χ3n) is 8.28. The van der Waals surface area contributed by atoms with Crippen LogP contribution in [0.25, 0.3) is 0 Å². The normalized spacial score (nSPS) is 16.8. The molecule has 0 spiro atoms. The summed E-state index contributed by atoms with van der Waals surface area (Å²) in [5.41, 5.74) is 3.29. The number of benzene rings is 2. The van der Waals surface area contributed by atoms with E-state index in [4.69, 9.17) is 13.9 Å². The lowest BCUT2D eigenvalue weighted by atomic mass is 9.72. The summed E-state index contributed by atoms with van der Waals surface area (Å²) in [6, 6.07) is 11.2. The van der Waals surface area contributed by atoms with Gasteiger partial charge in [-0.1, -0.05) is 47.6 Å². The molecule has 5 rings (SSSR count). The Morgan fingerprint density at radius 2 is 1.80 bits per heavy atom. The van der Waals surface area contributed by atoms with Gasteiger partial charge in [-0.25, -0.2) is 23.1 Å². The van der Waals surface area contributed by atoms with Crippen molar-refractivity contribution in [2.24, 2.45) is 15.5 Å². The molecule has 0 saturated carbocycles. The molecule has 1 saturated heterocycles. The minimum Gasteiger partial charge on any atom is -0.490 e. The summed E-state index contributed by atoms with van der Waals surface area (Å²) in [5.74, 6) is 3.85. The number of anilines is 1. The molecule has 3 heterocycles. The maximum Gasteiger partial charge on any atom is 0.288 e. The first-order chi connectivity index (χ1) is 23.5. The average molecular weight is 744 g/mol. The van der Waals surface area contributed by atoms with Crippen molar-refractivity contribution in [3.05, 3.63) is 53.6 Å². The Bertz CT molecular complexity index is 1890. The lowest BCUT2D eigenvalue weighted by Gasteiger charge is -2.33. The van der Waals surface area contributed by atoms with Crippen LogP contribution in [0.5, 0.6) is 11.5 Å². The highest BCUT2D eigenvalue weighted by atomic mass is 32.2. The Hall–Kier alpha value is -3.27. The van der Waals surface area contributed by atoms with Gasteiger partial charge in [0, 0.05) is 49.5 Å². The zero-order chi connectivity index (χ0) is 36.3. The molecular formula is C35H49N7O5S3. The zero-order valence-electron chi connectivity index (χ0n) is 30.3. The van der Waals surface area contributed by atoms with Crippen LogP contribution in [0.15, 0.2) is 51.4 Å². The molecule has 3 aromatic rings. The van der Waals surface area contributed by atoms with E-state index in [1.807, 2.05) is 36.9 Å². The number of hydrogen-bond acceptors (Lipinski definition) is 11. The highest BCUT2D eigenvalue weighted by molar-refractivity contribution is 7.99. The van der Waals surface area contributed by atoms with E-state index in [2.05, 4.69) is 65.5 Å². The van der Waals surface area contributed by atoms with Gasteiger partial charge in [0.1, 0.15) is 5.71 Å². The van der Waals surface area contributed by atoms with Crippen LogP contribution in [0.1, 0.15) is 78.5 Å². The van der Waals surface area contributed by atoms with E-state index < -0.39 is 21.1 Å². The van der Waals surface area contributed by atoms with Gasteiger partial charge >= 0.3 is 0 Å². The number of sulfone groups is 1. The minimum absolute atomic E-state index is 0.126. The van der Waals surface area contributed by atoms with Crippen LogP contribution in [0.4, 0.5) is 11.4 Å². The third kappa shape index (κ3) is 9.53. The Morgan fingerprint density at radius 3 is 2.48 bits per heavy atom. The number of aliphatic imine (C=N–C) groups is 1. The van der Waals surface area contributed by atoms with E-state index in [0.717, 1.165) is 48.7 Å². The molecule has 0 aliphatic carbocycles. The first-order valence-electron chi connectivity index (χ1n) is 16.9. The summed E-state index contributed by atoms with van der Waals surface area (Å²) < 4.78 is 53.5. The largest absolute Gasteiger partial charge is 0.490 e. The van der Waals surface area contributed by atoms with Crippen LogP contribution in [0.2, 0.25) is 0 Å². The number of aromatic nitrogens is 3. The topological polar surface area (TPSA) is 140 Å². The van der Waals surface area contributed by atoms with Crippen LogP contribution < -0.4 is 18.5 Å². The molecule has 2 aliphatic heterocycles. The van der Waals surface area contributed by atoms with Crippen molar-refractivity contribution in [3.63, 3.8) is 0 Å². The number of nitrogens with one attached hydrogen (secondary N) is 1. The quantitative estimate of drug-likeness (QED) is 0.214. The van der Waals surface area contributed by atoms with E-state index in [9.17, 15) is 12.6 Å². The molecule has 50 heavy (non-hydrogen) atoms. The van der Waals surface area contributed by atoms with Crippen molar-refractivity contribution in [1.29, 1.82) is 0 Å². The fourth-order valence-electron chi connectivity index (χ4n) is 6.29. The molecular weight excluding hydrogens is 695 g/mol. The van der Waals surface area contributed by atoms with E-state index in [0.29, 0.717) is 53.3 Å². The van der Waals surface area contributed by atoms with E-state index in [1.54, 1.807) is 19.1 Å². The summed E-state index contributed by atoms with van der Waals surface area (Å²) in [7, 11) is -3.57. The third-order valence-corrected chi connectivity index (χ3v) is 11.1. The number of ether oxygens (including phenoxy) is 1. The molecule has 1 unspecified atom stereocenters. The molecule has 0 amide bonds. The molecule has 12 nitrogen and oxygen atoms in total. The van der Waals surface area contributed by atoms with Gasteiger partial charge in [0.2, 0.25) is 5.82 Å². The fraction of sp³-hybridized carbons (Fsp3) is 0.543. The van der Waals surface area contributed by atoms with Gasteiger partial charge in [-0.3, -0.25) is 0 Å². The lowest BCUT2D eigenvalue weighted by Crippen LogP contribution is -2.32. The molecule has 1 fully saturated rings. The summed E-state index contributed by atoms with van der Waals surface area (Å²) in [6.07, 6.45) is 3.32. The predicted molar refractivity (Wildman–Crippen MR) is 204 cm³/mol. The average Bonchev–Trinajstić information content (AvgIpc) is 3.55. The second-order valence-electron chi connectivity index (χ2n) is 14.5. The lowest BCUT2D eigenvalue weighted by molar-refractivity contribution is 0.282. The fourth-order valence-corrected chi connectivity index (χ4v) is 8.65. The second kappa shape index (κ2) is 15.5. The first-order valence-corrected chi connectivity index (χ1v) is 21.0. The zero-order valence-corrected chi connectivity index (χ0v) is 32.7. The Balaban J connectivity index is 1.28. The van der Waals surface area contributed by atoms with Gasteiger partial charge in [-0.2, -0.15) is 21.1 Å². The van der Waals surface area contributed by atoms with E-state index in [-0.39, 0.29) is 22.3 Å². The van der Waals surface area contributed by atoms with Gasteiger partial charge < -0.3 is 13.8 Å². The van der Waals surface area contributed by atoms with Gasteiger partial charge in [-0.15, -0.1) is 9.89 Å². The highest BCUT2D eigenvalue weighted by Gasteiger charge is 2.29. The first kappa shape index (κ1) is 38.0. The summed E-state index contributed by atoms with van der Waals surface area (Å²) in [6.45, 7) is 17.4. The molecule has 2 aromatic carbocycles. The summed E-state index contributed by atoms with van der Waals surface area (Å²) >= 11 is 0.0337. The van der Waals surface area contributed by atoms with Crippen LogP contribution >= 0.6 is 11.8 Å². The second-order valence-corrected chi connectivity index (χ2v) is 18.6. The number of rotatable bonds is 14. The standard InChI is InChI=1S/C35H49N7O5S3/c1-9-18-46-28-13-10-25(35(6,7)23-34(3,4)5)21-29(28)47-49(43)36-15-14-31-38-33-32(24(2)39-42(33)40-31)37-27-12-11-26(22-30(27)50(8,44)45)41-16-19-48-20-17-41/h10-13,21-22,36H,9,14-20,23H2,1-8H3. The van der Waals surface area contributed by atoms with Gasteiger partial charge in [0.25, 0.3) is 11.3 Å². The van der Waals surface area contributed by atoms with Crippen molar-refractivity contribution in [2.75, 3.05) is 48.9 Å². The van der Waals surface area contributed by atoms with Gasteiger partial charge in [0.05, 0.1) is 22.9 Å². The van der Waals surface area contributed by atoms with E-state index in [1.165, 1.54) is 11.0 Å². The van der Waals surface area contributed by atoms with Crippen LogP contribution in [-0.4, -0.2) is 82.9 Å². The van der Waals surface area contributed by atoms with Crippen molar-refractivity contribution < 1.29 is 21.5 Å². The number of fused-ring (bicyclic) bond motifs is 1. The molecule has 2 aliphatic rings. The highest BCUT2D eigenvalue weighted by Crippen LogP contribution is 2.40. The van der Waals surface area contributed by atoms with Crippen molar-refractivity contribution in [3.8, 4) is 11.5 Å². The van der Waals surface area contributed by atoms with Crippen molar-refractivity contribution in [1.82, 2.24) is 19.6 Å². The molecule has 15 heteroatoms. The number of thioether (sulfide) groups is 1. The summed E-state index contributed by atoms with van der Waals surface area (Å²) in [4.78, 5) is 13.1. The molecule has 0 bridgehead atoms. The SMILES string of the molecule is CCCOc1ccc(C(C)(C)CC(C)(C)C)cc1OS(=O)NCCc1nc2n(n1)N=C(C)C2=Nc1ccc(N2CCSCC2)cc1S(C)(=O)=O. The van der Waals surface area contributed by atoms with Crippen LogP contribution in [0, 0.1) is 5.41 Å². The Kier molecular flexibility index (Phi) is 11.8. The summed E-state index contributed by atoms with van der Waals surface area (Å²) in [5, 5.41) is 8.95. The number of hydrogen-bond donors (Lipinski definition) is 1.